The molecule has 0 bridgehead atoms. The van der Waals surface area contributed by atoms with Crippen LogP contribution in [0.3, 0.4) is 0 Å². The third kappa shape index (κ3) is 4.49. The Hall–Kier alpha value is -3.22. The van der Waals surface area contributed by atoms with Gasteiger partial charge in [-0.25, -0.2) is 0 Å². The molecule has 0 aliphatic carbocycles. The lowest BCUT2D eigenvalue weighted by Crippen LogP contribution is -2.36. The second-order valence-electron chi connectivity index (χ2n) is 6.29. The molecule has 27 heavy (non-hydrogen) atoms. The number of fused-ring (bicyclic) bond motifs is 1. The number of ether oxygens (including phenoxy) is 2. The van der Waals surface area contributed by atoms with Gasteiger partial charge in [0.1, 0.15) is 0 Å². The van der Waals surface area contributed by atoms with E-state index in [1.54, 1.807) is 14.2 Å². The third-order valence-corrected chi connectivity index (χ3v) is 4.60. The van der Waals surface area contributed by atoms with Gasteiger partial charge < -0.3 is 19.7 Å². The molecular weight excluding hydrogens is 346 g/mol. The Labute approximate surface area is 158 Å². The van der Waals surface area contributed by atoms with Crippen LogP contribution in [0.5, 0.6) is 11.5 Å². The number of methoxy groups -OCH3 is 2. The summed E-state index contributed by atoms with van der Waals surface area (Å²) in [6.45, 7) is 1.77. The molecule has 7 nitrogen and oxygen atoms in total. The maximum Gasteiger partial charge on any atom is 0.274 e. The molecule has 0 spiro atoms. The van der Waals surface area contributed by atoms with Crippen LogP contribution < -0.4 is 14.8 Å². The molecule has 0 aromatic heterocycles. The Morgan fingerprint density at radius 2 is 1.85 bits per heavy atom. The van der Waals surface area contributed by atoms with Gasteiger partial charge in [0.25, 0.3) is 6.20 Å². The number of nitro groups is 1. The van der Waals surface area contributed by atoms with E-state index >= 15 is 0 Å². The monoisotopic (exact) mass is 369 g/mol. The molecular formula is C20H23N3O4. The van der Waals surface area contributed by atoms with Gasteiger partial charge in [-0.2, -0.15) is 0 Å². The topological polar surface area (TPSA) is 76.9 Å². The lowest BCUT2D eigenvalue weighted by Gasteiger charge is -2.32. The standard InChI is InChI=1S/C20H23N3O4/c1-26-18-10-16-8-9-22(13-17(16)11-19(18)27-2)20(14-23(24)25)21-12-15-6-4-3-5-7-15/h3-7,10-11,14,21H,8-9,12-13H2,1-2H3/b20-14-. The second kappa shape index (κ2) is 8.44. The average Bonchev–Trinajstić information content (AvgIpc) is 2.70. The van der Waals surface area contributed by atoms with Gasteiger partial charge in [-0.15, -0.1) is 0 Å². The van der Waals surface area contributed by atoms with Crippen molar-refractivity contribution < 1.29 is 14.4 Å². The van der Waals surface area contributed by atoms with Gasteiger partial charge in [-0.3, -0.25) is 10.1 Å². The van der Waals surface area contributed by atoms with Crippen LogP contribution in [0.4, 0.5) is 0 Å². The van der Waals surface area contributed by atoms with Crippen LogP contribution in [0.25, 0.3) is 0 Å². The molecule has 0 atom stereocenters. The van der Waals surface area contributed by atoms with Crippen molar-refractivity contribution in [2.24, 2.45) is 0 Å². The van der Waals surface area contributed by atoms with E-state index in [0.717, 1.165) is 23.7 Å². The highest BCUT2D eigenvalue weighted by Crippen LogP contribution is 2.33. The fourth-order valence-corrected chi connectivity index (χ4v) is 3.22. The van der Waals surface area contributed by atoms with Gasteiger partial charge in [-0.05, 0) is 35.2 Å². The van der Waals surface area contributed by atoms with E-state index in [1.165, 1.54) is 5.56 Å². The van der Waals surface area contributed by atoms with Crippen molar-refractivity contribution >= 4 is 0 Å². The number of hydrogen-bond donors (Lipinski definition) is 1. The lowest BCUT2D eigenvalue weighted by atomic mass is 9.99. The molecule has 142 valence electrons. The minimum Gasteiger partial charge on any atom is -0.493 e. The van der Waals surface area contributed by atoms with Gasteiger partial charge in [0, 0.05) is 19.6 Å². The van der Waals surface area contributed by atoms with Crippen molar-refractivity contribution in [2.75, 3.05) is 20.8 Å². The van der Waals surface area contributed by atoms with Gasteiger partial charge in [0.15, 0.2) is 17.3 Å². The van der Waals surface area contributed by atoms with Gasteiger partial charge in [-0.1, -0.05) is 30.3 Å². The third-order valence-electron chi connectivity index (χ3n) is 4.60. The SMILES string of the molecule is COc1cc2c(cc1OC)CN(/C(=C\[N+](=O)[O-])NCc1ccccc1)CC2. The lowest BCUT2D eigenvalue weighted by molar-refractivity contribution is -0.404. The van der Waals surface area contributed by atoms with E-state index in [4.69, 9.17) is 9.47 Å². The molecule has 3 rings (SSSR count). The predicted octanol–water partition coefficient (Wildman–Crippen LogP) is 2.93. The highest BCUT2D eigenvalue weighted by Gasteiger charge is 2.22. The maximum atomic E-state index is 11.1. The quantitative estimate of drug-likeness (QED) is 0.597. The highest BCUT2D eigenvalue weighted by molar-refractivity contribution is 5.48. The second-order valence-corrected chi connectivity index (χ2v) is 6.29. The number of nitrogens with zero attached hydrogens (tertiary/aromatic N) is 2. The zero-order chi connectivity index (χ0) is 19.2. The fraction of sp³-hybridized carbons (Fsp3) is 0.300. The molecule has 0 unspecified atom stereocenters. The Balaban J connectivity index is 1.79. The summed E-state index contributed by atoms with van der Waals surface area (Å²) in [5, 5.41) is 14.3. The molecule has 2 aromatic rings. The van der Waals surface area contributed by atoms with E-state index in [-0.39, 0.29) is 0 Å². The van der Waals surface area contributed by atoms with Crippen LogP contribution in [0, 0.1) is 10.1 Å². The Kier molecular flexibility index (Phi) is 5.80. The summed E-state index contributed by atoms with van der Waals surface area (Å²) in [5.74, 6) is 1.87. The van der Waals surface area contributed by atoms with Crippen molar-refractivity contribution in [1.29, 1.82) is 0 Å². The minimum absolute atomic E-state index is 0.419. The molecule has 2 aromatic carbocycles. The van der Waals surface area contributed by atoms with Gasteiger partial charge >= 0.3 is 0 Å². The summed E-state index contributed by atoms with van der Waals surface area (Å²) in [5.41, 5.74) is 3.32. The Morgan fingerprint density at radius 1 is 1.19 bits per heavy atom. The molecule has 1 aliphatic heterocycles. The van der Waals surface area contributed by atoms with Crippen LogP contribution >= 0.6 is 0 Å². The molecule has 0 saturated carbocycles. The van der Waals surface area contributed by atoms with Crippen molar-refractivity contribution in [3.8, 4) is 11.5 Å². The summed E-state index contributed by atoms with van der Waals surface area (Å²) >= 11 is 0. The molecule has 0 amide bonds. The number of nitrogens with one attached hydrogen (secondary N) is 1. The van der Waals surface area contributed by atoms with E-state index < -0.39 is 4.92 Å². The van der Waals surface area contributed by atoms with E-state index in [2.05, 4.69) is 5.32 Å². The van der Waals surface area contributed by atoms with Gasteiger partial charge in [0.05, 0.1) is 19.1 Å². The van der Waals surface area contributed by atoms with Crippen molar-refractivity contribution in [1.82, 2.24) is 10.2 Å². The van der Waals surface area contributed by atoms with Crippen LogP contribution in [0.2, 0.25) is 0 Å². The molecule has 1 N–H and O–H groups in total. The van der Waals surface area contributed by atoms with Crippen molar-refractivity contribution in [3.05, 3.63) is 81.3 Å². The van der Waals surface area contributed by atoms with E-state index in [9.17, 15) is 10.1 Å². The van der Waals surface area contributed by atoms with Crippen LogP contribution in [0.1, 0.15) is 16.7 Å². The highest BCUT2D eigenvalue weighted by atomic mass is 16.6. The largest absolute Gasteiger partial charge is 0.493 e. The average molecular weight is 369 g/mol. The first-order valence-electron chi connectivity index (χ1n) is 8.72. The smallest absolute Gasteiger partial charge is 0.274 e. The van der Waals surface area contributed by atoms with Crippen molar-refractivity contribution in [2.45, 2.75) is 19.5 Å². The minimum atomic E-state index is -0.419. The molecule has 1 heterocycles. The van der Waals surface area contributed by atoms with Gasteiger partial charge in [0.2, 0.25) is 0 Å². The number of hydrogen-bond acceptors (Lipinski definition) is 6. The van der Waals surface area contributed by atoms with Crippen LogP contribution in [0.15, 0.2) is 54.5 Å². The summed E-state index contributed by atoms with van der Waals surface area (Å²) in [6, 6.07) is 13.7. The number of benzene rings is 2. The zero-order valence-corrected chi connectivity index (χ0v) is 15.5. The summed E-state index contributed by atoms with van der Waals surface area (Å²) in [4.78, 5) is 12.7. The maximum absolute atomic E-state index is 11.1. The van der Waals surface area contributed by atoms with Crippen LogP contribution in [-0.2, 0) is 19.5 Å². The Bertz CT molecular complexity index is 837. The molecule has 0 fully saturated rings. The summed E-state index contributed by atoms with van der Waals surface area (Å²) < 4.78 is 10.8. The summed E-state index contributed by atoms with van der Waals surface area (Å²) in [7, 11) is 3.22. The summed E-state index contributed by atoms with van der Waals surface area (Å²) in [6.07, 6.45) is 1.81. The molecule has 1 aliphatic rings. The first-order chi connectivity index (χ1) is 13.1. The predicted molar refractivity (Wildman–Crippen MR) is 102 cm³/mol. The molecule has 0 radical (unpaired) electrons. The molecule has 0 saturated heterocycles. The first-order valence-corrected chi connectivity index (χ1v) is 8.72. The number of rotatable bonds is 7. The molecule has 7 heteroatoms. The Morgan fingerprint density at radius 3 is 2.48 bits per heavy atom. The van der Waals surface area contributed by atoms with E-state index in [1.807, 2.05) is 47.4 Å². The fourth-order valence-electron chi connectivity index (χ4n) is 3.22. The van der Waals surface area contributed by atoms with Crippen LogP contribution in [-0.4, -0.2) is 30.6 Å². The normalized spacial score (nSPS) is 13.7. The van der Waals surface area contributed by atoms with E-state index in [0.29, 0.717) is 37.0 Å². The zero-order valence-electron chi connectivity index (χ0n) is 15.5. The van der Waals surface area contributed by atoms with Crippen molar-refractivity contribution in [3.63, 3.8) is 0 Å². The first kappa shape index (κ1) is 18.6.